The Balaban J connectivity index is 1.26. The summed E-state index contributed by atoms with van der Waals surface area (Å²) in [4.78, 5) is 52.5. The summed E-state index contributed by atoms with van der Waals surface area (Å²) in [5.41, 5.74) is 7.80. The van der Waals surface area contributed by atoms with Gasteiger partial charge in [-0.2, -0.15) is 0 Å². The normalized spacial score (nSPS) is 25.5. The third kappa shape index (κ3) is 3.97. The summed E-state index contributed by atoms with van der Waals surface area (Å²) >= 11 is 1.40. The van der Waals surface area contributed by atoms with Gasteiger partial charge in [-0.25, -0.2) is 9.59 Å². The van der Waals surface area contributed by atoms with Crippen LogP contribution in [0, 0.1) is 0 Å². The molecule has 2 amide bonds. The summed E-state index contributed by atoms with van der Waals surface area (Å²) in [5.74, 6) is -1.95. The predicted molar refractivity (Wildman–Crippen MR) is 128 cm³/mol. The summed E-state index contributed by atoms with van der Waals surface area (Å²) in [7, 11) is 0. The van der Waals surface area contributed by atoms with Gasteiger partial charge >= 0.3 is 11.9 Å². The van der Waals surface area contributed by atoms with Crippen molar-refractivity contribution in [3.8, 4) is 5.75 Å². The fourth-order valence-electron chi connectivity index (χ4n) is 4.87. The van der Waals surface area contributed by atoms with Crippen molar-refractivity contribution in [2.45, 2.75) is 55.3 Å². The number of rotatable bonds is 6. The predicted octanol–water partition coefficient (Wildman–Crippen LogP) is 1.35. The van der Waals surface area contributed by atoms with E-state index in [9.17, 15) is 24.3 Å². The minimum absolute atomic E-state index is 0.00466. The Labute approximate surface area is 211 Å². The minimum Gasteiger partial charge on any atom is -0.508 e. The van der Waals surface area contributed by atoms with Crippen LogP contribution in [-0.4, -0.2) is 56.0 Å². The number of hydrogen-bond acceptors (Lipinski definition) is 9. The molecule has 2 fully saturated rings. The van der Waals surface area contributed by atoms with Gasteiger partial charge in [-0.15, -0.1) is 11.8 Å². The molecule has 10 nitrogen and oxygen atoms in total. The van der Waals surface area contributed by atoms with Crippen LogP contribution in [0.4, 0.5) is 0 Å². The van der Waals surface area contributed by atoms with E-state index in [1.165, 1.54) is 28.8 Å². The third-order valence-corrected chi connectivity index (χ3v) is 8.18. The standard InChI is InChI=1S/C25H25N3O7S/c1-25(2)19(23(33)35-24-16-6-4-3-5-15(16)22(32)34-24)28-20(31)18(21(28)36-25)27-17(30)10-12-7-8-14(29)9-13(12)11-26/h3-9,18-19,21,24,29H,10-11,26H2,1-2H3,(H,27,30)/t18-,19+,21-,24?/m1/s1. The van der Waals surface area contributed by atoms with Gasteiger partial charge in [0.15, 0.2) is 0 Å². The molecule has 0 radical (unpaired) electrons. The summed E-state index contributed by atoms with van der Waals surface area (Å²) in [6, 6.07) is 9.56. The average Bonchev–Trinajstić information content (AvgIpc) is 3.29. The minimum atomic E-state index is -1.17. The maximum atomic E-state index is 13.2. The highest BCUT2D eigenvalue weighted by Crippen LogP contribution is 2.51. The summed E-state index contributed by atoms with van der Waals surface area (Å²) < 4.78 is 10.1. The van der Waals surface area contributed by atoms with Crippen molar-refractivity contribution in [1.82, 2.24) is 10.2 Å². The Hall–Kier alpha value is -3.57. The van der Waals surface area contributed by atoms with Gasteiger partial charge in [0.1, 0.15) is 23.2 Å². The van der Waals surface area contributed by atoms with Gasteiger partial charge < -0.3 is 30.5 Å². The molecule has 2 aromatic rings. The number of phenolic OH excluding ortho intramolecular Hbond substituents is 1. The molecule has 4 atom stereocenters. The number of carbonyl (C=O) groups is 4. The number of esters is 2. The van der Waals surface area contributed by atoms with Crippen LogP contribution in [0.25, 0.3) is 0 Å². The molecule has 0 spiro atoms. The number of cyclic esters (lactones) is 1. The average molecular weight is 512 g/mol. The lowest BCUT2D eigenvalue weighted by molar-refractivity contribution is -0.180. The highest BCUT2D eigenvalue weighted by molar-refractivity contribution is 8.01. The van der Waals surface area contributed by atoms with E-state index in [4.69, 9.17) is 15.2 Å². The first-order valence-corrected chi connectivity index (χ1v) is 12.3. The van der Waals surface area contributed by atoms with Gasteiger partial charge in [-0.1, -0.05) is 24.3 Å². The third-order valence-electron chi connectivity index (χ3n) is 6.61. The molecule has 2 saturated heterocycles. The number of fused-ring (bicyclic) bond motifs is 2. The maximum Gasteiger partial charge on any atom is 0.342 e. The Kier molecular flexibility index (Phi) is 5.92. The van der Waals surface area contributed by atoms with E-state index in [2.05, 4.69) is 5.32 Å². The Morgan fingerprint density at radius 1 is 1.19 bits per heavy atom. The number of nitrogens with two attached hydrogens (primary N) is 1. The SMILES string of the molecule is CC1(C)S[C@@H]2[C@H](NC(=O)Cc3ccc(O)cc3CN)C(=O)N2[C@H]1C(=O)OC1OC(=O)c2ccccc21. The molecule has 3 aliphatic rings. The van der Waals surface area contributed by atoms with E-state index in [1.54, 1.807) is 30.3 Å². The molecule has 1 unspecified atom stereocenters. The number of phenols is 1. The number of amides is 2. The lowest BCUT2D eigenvalue weighted by Crippen LogP contribution is -2.70. The Bertz CT molecular complexity index is 1280. The summed E-state index contributed by atoms with van der Waals surface area (Å²) in [5, 5.41) is 12.0. The number of benzene rings is 2. The number of hydrogen-bond donors (Lipinski definition) is 3. The van der Waals surface area contributed by atoms with Gasteiger partial charge in [0, 0.05) is 16.9 Å². The molecule has 3 aliphatic heterocycles. The van der Waals surface area contributed by atoms with Crippen LogP contribution in [-0.2, 0) is 36.8 Å². The number of carbonyl (C=O) groups excluding carboxylic acids is 4. The van der Waals surface area contributed by atoms with Crippen molar-refractivity contribution in [2.75, 3.05) is 0 Å². The van der Waals surface area contributed by atoms with E-state index >= 15 is 0 Å². The van der Waals surface area contributed by atoms with Gasteiger partial charge in [0.05, 0.1) is 12.0 Å². The van der Waals surface area contributed by atoms with Gasteiger partial charge in [0.2, 0.25) is 11.8 Å². The van der Waals surface area contributed by atoms with Gasteiger partial charge in [0.25, 0.3) is 6.29 Å². The van der Waals surface area contributed by atoms with E-state index in [0.717, 1.165) is 0 Å². The number of nitrogens with zero attached hydrogens (tertiary/aromatic N) is 1. The fraction of sp³-hybridized carbons (Fsp3) is 0.360. The smallest absolute Gasteiger partial charge is 0.342 e. The van der Waals surface area contributed by atoms with Crippen molar-refractivity contribution in [3.63, 3.8) is 0 Å². The van der Waals surface area contributed by atoms with E-state index < -0.39 is 40.4 Å². The fourth-order valence-corrected chi connectivity index (χ4v) is 6.49. The monoisotopic (exact) mass is 511 g/mol. The highest BCUT2D eigenvalue weighted by atomic mass is 32.2. The number of β-lactam (4-membered cyclic amide) rings is 1. The molecule has 0 bridgehead atoms. The maximum absolute atomic E-state index is 13.2. The molecule has 11 heteroatoms. The zero-order chi connectivity index (χ0) is 25.8. The van der Waals surface area contributed by atoms with E-state index in [-0.39, 0.29) is 30.5 Å². The molecule has 0 saturated carbocycles. The topological polar surface area (TPSA) is 148 Å². The van der Waals surface area contributed by atoms with Gasteiger partial charge in [-0.05, 0) is 43.2 Å². The molecule has 0 aromatic heterocycles. The molecule has 4 N–H and O–H groups in total. The van der Waals surface area contributed by atoms with Crippen LogP contribution in [0.3, 0.4) is 0 Å². The van der Waals surface area contributed by atoms with Crippen molar-refractivity contribution in [1.29, 1.82) is 0 Å². The Morgan fingerprint density at radius 3 is 2.69 bits per heavy atom. The molecule has 2 aromatic carbocycles. The molecule has 3 heterocycles. The number of thioether (sulfide) groups is 1. The van der Waals surface area contributed by atoms with Crippen molar-refractivity contribution in [2.24, 2.45) is 5.73 Å². The van der Waals surface area contributed by atoms with Gasteiger partial charge in [-0.3, -0.25) is 9.59 Å². The van der Waals surface area contributed by atoms with Crippen molar-refractivity contribution in [3.05, 3.63) is 64.7 Å². The summed E-state index contributed by atoms with van der Waals surface area (Å²) in [6.07, 6.45) is -1.18. The molecule has 188 valence electrons. The zero-order valence-electron chi connectivity index (χ0n) is 19.6. The van der Waals surface area contributed by atoms with Crippen LogP contribution in [0.2, 0.25) is 0 Å². The van der Waals surface area contributed by atoms with Crippen LogP contribution >= 0.6 is 11.8 Å². The van der Waals surface area contributed by atoms with Crippen LogP contribution in [0.15, 0.2) is 42.5 Å². The largest absolute Gasteiger partial charge is 0.508 e. The van der Waals surface area contributed by atoms with Crippen LogP contribution in [0.1, 0.15) is 47.2 Å². The number of nitrogens with one attached hydrogen (secondary N) is 1. The first kappa shape index (κ1) is 24.1. The zero-order valence-corrected chi connectivity index (χ0v) is 20.4. The van der Waals surface area contributed by atoms with Crippen molar-refractivity contribution < 1.29 is 33.8 Å². The molecule has 0 aliphatic carbocycles. The first-order chi connectivity index (χ1) is 17.1. The summed E-state index contributed by atoms with van der Waals surface area (Å²) in [6.45, 7) is 3.81. The highest BCUT2D eigenvalue weighted by Gasteiger charge is 2.64. The first-order valence-electron chi connectivity index (χ1n) is 11.4. The van der Waals surface area contributed by atoms with E-state index in [1.807, 2.05) is 13.8 Å². The van der Waals surface area contributed by atoms with Crippen LogP contribution < -0.4 is 11.1 Å². The second-order valence-electron chi connectivity index (χ2n) is 9.40. The van der Waals surface area contributed by atoms with E-state index in [0.29, 0.717) is 22.3 Å². The quantitative estimate of drug-likeness (QED) is 0.386. The molecular formula is C25H25N3O7S. The van der Waals surface area contributed by atoms with Crippen molar-refractivity contribution >= 4 is 35.5 Å². The molecule has 36 heavy (non-hydrogen) atoms. The van der Waals surface area contributed by atoms with Crippen LogP contribution in [0.5, 0.6) is 5.75 Å². The second kappa shape index (κ2) is 8.82. The number of ether oxygens (including phenoxy) is 2. The lowest BCUT2D eigenvalue weighted by atomic mass is 9.95. The number of aromatic hydroxyl groups is 1. The Morgan fingerprint density at radius 2 is 1.94 bits per heavy atom. The lowest BCUT2D eigenvalue weighted by Gasteiger charge is -2.44. The molecule has 5 rings (SSSR count). The second-order valence-corrected chi connectivity index (χ2v) is 11.2. The molecular weight excluding hydrogens is 486 g/mol.